The quantitative estimate of drug-likeness (QED) is 0.809. The lowest BCUT2D eigenvalue weighted by atomic mass is 9.93. The summed E-state index contributed by atoms with van der Waals surface area (Å²) in [6.07, 6.45) is 3.32. The number of fused-ring (bicyclic) bond motifs is 1. The molecule has 1 aromatic rings. The Morgan fingerprint density at radius 1 is 1.35 bits per heavy atom. The van der Waals surface area contributed by atoms with Crippen LogP contribution < -0.4 is 0 Å². The van der Waals surface area contributed by atoms with Crippen molar-refractivity contribution in [2.45, 2.75) is 38.3 Å². The van der Waals surface area contributed by atoms with Crippen LogP contribution in [0, 0.1) is 5.92 Å². The second kappa shape index (κ2) is 7.45. The van der Waals surface area contributed by atoms with E-state index in [1.807, 2.05) is 4.90 Å². The Morgan fingerprint density at radius 3 is 2.83 bits per heavy atom. The molecule has 0 spiro atoms. The zero-order chi connectivity index (χ0) is 16.2. The maximum absolute atomic E-state index is 13.0. The highest BCUT2D eigenvalue weighted by Gasteiger charge is 2.47. The summed E-state index contributed by atoms with van der Waals surface area (Å²) in [5, 5.41) is 0. The van der Waals surface area contributed by atoms with Crippen LogP contribution in [-0.4, -0.2) is 55.1 Å². The molecule has 2 heterocycles. The minimum Gasteiger partial charge on any atom is -0.383 e. The normalized spacial score (nSPS) is 27.1. The van der Waals surface area contributed by atoms with Crippen LogP contribution in [0.1, 0.15) is 37.8 Å². The van der Waals surface area contributed by atoms with Gasteiger partial charge >= 0.3 is 0 Å². The van der Waals surface area contributed by atoms with Crippen LogP contribution in [0.25, 0.3) is 0 Å². The van der Waals surface area contributed by atoms with Gasteiger partial charge in [-0.25, -0.2) is 0 Å². The van der Waals surface area contributed by atoms with Gasteiger partial charge in [-0.05, 0) is 38.3 Å². The van der Waals surface area contributed by atoms with Gasteiger partial charge in [0.1, 0.15) is 0 Å². The Labute approximate surface area is 139 Å². The Kier molecular flexibility index (Phi) is 5.34. The van der Waals surface area contributed by atoms with Crippen molar-refractivity contribution >= 4 is 5.91 Å². The van der Waals surface area contributed by atoms with Gasteiger partial charge in [-0.2, -0.15) is 0 Å². The fourth-order valence-corrected chi connectivity index (χ4v) is 4.30. The topological polar surface area (TPSA) is 32.8 Å². The smallest absolute Gasteiger partial charge is 0.227 e. The van der Waals surface area contributed by atoms with E-state index in [0.29, 0.717) is 31.1 Å². The van der Waals surface area contributed by atoms with Crippen LogP contribution in [0.2, 0.25) is 0 Å². The fourth-order valence-electron chi connectivity index (χ4n) is 4.30. The van der Waals surface area contributed by atoms with Crippen LogP contribution in [0.4, 0.5) is 0 Å². The SMILES string of the molecule is CCN(CCOC)C(=O)[C@@H]1C[C@H](c2ccccc2)N2CCC[C@@H]12. The minimum atomic E-state index is 0.138. The highest BCUT2D eigenvalue weighted by atomic mass is 16.5. The molecule has 0 saturated carbocycles. The van der Waals surface area contributed by atoms with E-state index >= 15 is 0 Å². The second-order valence-electron chi connectivity index (χ2n) is 6.63. The van der Waals surface area contributed by atoms with Gasteiger partial charge in [-0.3, -0.25) is 9.69 Å². The first-order valence-electron chi connectivity index (χ1n) is 8.84. The van der Waals surface area contributed by atoms with E-state index in [1.165, 1.54) is 12.0 Å². The molecule has 3 rings (SSSR count). The summed E-state index contributed by atoms with van der Waals surface area (Å²) in [4.78, 5) is 17.6. The first-order chi connectivity index (χ1) is 11.3. The van der Waals surface area contributed by atoms with Crippen LogP contribution in [0.3, 0.4) is 0 Å². The lowest BCUT2D eigenvalue weighted by Gasteiger charge is -2.27. The molecule has 2 fully saturated rings. The molecule has 1 amide bonds. The molecule has 4 heteroatoms. The third kappa shape index (κ3) is 3.29. The molecule has 2 aliphatic rings. The number of benzene rings is 1. The Balaban J connectivity index is 1.76. The third-order valence-electron chi connectivity index (χ3n) is 5.44. The summed E-state index contributed by atoms with van der Waals surface area (Å²) in [5.74, 6) is 0.458. The molecule has 0 aromatic heterocycles. The molecule has 2 saturated heterocycles. The molecular weight excluding hydrogens is 288 g/mol. The maximum Gasteiger partial charge on any atom is 0.227 e. The molecule has 2 aliphatic heterocycles. The first kappa shape index (κ1) is 16.5. The molecule has 0 aliphatic carbocycles. The van der Waals surface area contributed by atoms with Crippen molar-refractivity contribution in [1.82, 2.24) is 9.80 Å². The van der Waals surface area contributed by atoms with Crippen LogP contribution >= 0.6 is 0 Å². The van der Waals surface area contributed by atoms with Crippen LogP contribution in [-0.2, 0) is 9.53 Å². The molecule has 126 valence electrons. The molecular formula is C19H28N2O2. The van der Waals surface area contributed by atoms with Crippen LogP contribution in [0.15, 0.2) is 30.3 Å². The van der Waals surface area contributed by atoms with Gasteiger partial charge in [0.15, 0.2) is 0 Å². The number of likely N-dealkylation sites (N-methyl/N-ethyl adjacent to an activating group) is 1. The summed E-state index contributed by atoms with van der Waals surface area (Å²) in [6.45, 7) is 5.26. The van der Waals surface area contributed by atoms with Gasteiger partial charge in [-0.1, -0.05) is 30.3 Å². The predicted molar refractivity (Wildman–Crippen MR) is 91.1 cm³/mol. The summed E-state index contributed by atoms with van der Waals surface area (Å²) >= 11 is 0. The highest BCUT2D eigenvalue weighted by molar-refractivity contribution is 5.80. The Morgan fingerprint density at radius 2 is 2.13 bits per heavy atom. The number of methoxy groups -OCH3 is 1. The third-order valence-corrected chi connectivity index (χ3v) is 5.44. The zero-order valence-corrected chi connectivity index (χ0v) is 14.3. The lowest BCUT2D eigenvalue weighted by Crippen LogP contribution is -2.42. The van der Waals surface area contributed by atoms with Gasteiger partial charge in [0.2, 0.25) is 5.91 Å². The lowest BCUT2D eigenvalue weighted by molar-refractivity contribution is -0.136. The number of rotatable bonds is 6. The van der Waals surface area contributed by atoms with Gasteiger partial charge in [0.05, 0.1) is 12.5 Å². The van der Waals surface area contributed by atoms with E-state index in [0.717, 1.165) is 25.9 Å². The van der Waals surface area contributed by atoms with Crippen molar-refractivity contribution in [3.8, 4) is 0 Å². The largest absolute Gasteiger partial charge is 0.383 e. The summed E-state index contributed by atoms with van der Waals surface area (Å²) in [7, 11) is 1.69. The van der Waals surface area contributed by atoms with E-state index < -0.39 is 0 Å². The highest BCUT2D eigenvalue weighted by Crippen LogP contribution is 2.45. The second-order valence-corrected chi connectivity index (χ2v) is 6.63. The Bertz CT molecular complexity index is 519. The number of hydrogen-bond acceptors (Lipinski definition) is 3. The number of amides is 1. The molecule has 3 atom stereocenters. The molecule has 0 unspecified atom stereocenters. The van der Waals surface area contributed by atoms with E-state index in [-0.39, 0.29) is 5.92 Å². The first-order valence-corrected chi connectivity index (χ1v) is 8.84. The van der Waals surface area contributed by atoms with Crippen LogP contribution in [0.5, 0.6) is 0 Å². The predicted octanol–water partition coefficient (Wildman–Crippen LogP) is 2.71. The van der Waals surface area contributed by atoms with Crippen molar-refractivity contribution in [2.24, 2.45) is 5.92 Å². The molecule has 23 heavy (non-hydrogen) atoms. The van der Waals surface area contributed by atoms with Crippen molar-refractivity contribution in [2.75, 3.05) is 33.4 Å². The number of carbonyl (C=O) groups excluding carboxylic acids is 1. The van der Waals surface area contributed by atoms with Crippen molar-refractivity contribution < 1.29 is 9.53 Å². The van der Waals surface area contributed by atoms with Gasteiger partial charge in [0.25, 0.3) is 0 Å². The maximum atomic E-state index is 13.0. The molecule has 0 radical (unpaired) electrons. The number of ether oxygens (including phenoxy) is 1. The van der Waals surface area contributed by atoms with Gasteiger partial charge in [-0.15, -0.1) is 0 Å². The van der Waals surface area contributed by atoms with E-state index in [1.54, 1.807) is 7.11 Å². The average molecular weight is 316 g/mol. The van der Waals surface area contributed by atoms with Crippen molar-refractivity contribution in [3.05, 3.63) is 35.9 Å². The van der Waals surface area contributed by atoms with Gasteiger partial charge < -0.3 is 9.64 Å². The number of nitrogens with zero attached hydrogens (tertiary/aromatic N) is 2. The summed E-state index contributed by atoms with van der Waals surface area (Å²) < 4.78 is 5.16. The zero-order valence-electron chi connectivity index (χ0n) is 14.3. The molecule has 1 aromatic carbocycles. The minimum absolute atomic E-state index is 0.138. The summed E-state index contributed by atoms with van der Waals surface area (Å²) in [5.41, 5.74) is 1.36. The van der Waals surface area contributed by atoms with E-state index in [2.05, 4.69) is 42.2 Å². The van der Waals surface area contributed by atoms with Gasteiger partial charge in [0, 0.05) is 32.3 Å². The van der Waals surface area contributed by atoms with E-state index in [4.69, 9.17) is 4.74 Å². The standard InChI is InChI=1S/C19H28N2O2/c1-3-20(12-13-23-2)19(22)16-14-18(15-8-5-4-6-9-15)21-11-7-10-17(16)21/h4-6,8-9,16-18H,3,7,10-14H2,1-2H3/t16-,17+,18-/m1/s1. The Hall–Kier alpha value is -1.39. The molecule has 4 nitrogen and oxygen atoms in total. The number of hydrogen-bond donors (Lipinski definition) is 0. The number of carbonyl (C=O) groups is 1. The van der Waals surface area contributed by atoms with Crippen molar-refractivity contribution in [1.29, 1.82) is 0 Å². The summed E-state index contributed by atoms with van der Waals surface area (Å²) in [6, 6.07) is 11.5. The molecule has 0 bridgehead atoms. The van der Waals surface area contributed by atoms with E-state index in [9.17, 15) is 4.79 Å². The average Bonchev–Trinajstić information content (AvgIpc) is 3.18. The van der Waals surface area contributed by atoms with Crippen molar-refractivity contribution in [3.63, 3.8) is 0 Å². The fraction of sp³-hybridized carbons (Fsp3) is 0.632. The molecule has 0 N–H and O–H groups in total. The monoisotopic (exact) mass is 316 g/mol.